The van der Waals surface area contributed by atoms with Gasteiger partial charge in [0.1, 0.15) is 0 Å². The highest BCUT2D eigenvalue weighted by Gasteiger charge is 2.45. The first kappa shape index (κ1) is 9.77. The summed E-state index contributed by atoms with van der Waals surface area (Å²) in [6, 6.07) is 0. The zero-order valence-corrected chi connectivity index (χ0v) is 6.49. The van der Waals surface area contributed by atoms with E-state index < -0.39 is 18.3 Å². The number of halogens is 4. The Morgan fingerprint density at radius 1 is 1.17 bits per heavy atom. The number of rotatable bonds is 1. The predicted octanol–water partition coefficient (Wildman–Crippen LogP) is 1.89. The van der Waals surface area contributed by atoms with Crippen LogP contribution in [0.3, 0.4) is 0 Å². The van der Waals surface area contributed by atoms with Crippen LogP contribution in [0.15, 0.2) is 0 Å². The number of hydrogen-bond donors (Lipinski definition) is 1. The van der Waals surface area contributed by atoms with Crippen LogP contribution < -0.4 is 5.32 Å². The number of nitrogens with one attached hydrogen (secondary N) is 1. The fraction of sp³-hybridized carbons (Fsp3) is 1.00. The van der Waals surface area contributed by atoms with E-state index in [1.54, 1.807) is 0 Å². The molecule has 12 heavy (non-hydrogen) atoms. The van der Waals surface area contributed by atoms with Crippen molar-refractivity contribution >= 4 is 0 Å². The van der Waals surface area contributed by atoms with Crippen molar-refractivity contribution in [1.29, 1.82) is 0 Å². The molecule has 1 fully saturated rings. The van der Waals surface area contributed by atoms with Crippen molar-refractivity contribution in [2.75, 3.05) is 13.1 Å². The van der Waals surface area contributed by atoms with Crippen LogP contribution in [0, 0.1) is 5.92 Å². The summed E-state index contributed by atoms with van der Waals surface area (Å²) >= 11 is 0. The normalized spacial score (nSPS) is 24.0. The van der Waals surface area contributed by atoms with E-state index in [0.717, 1.165) is 0 Å². The van der Waals surface area contributed by atoms with E-state index in [1.807, 2.05) is 0 Å². The molecule has 0 saturated carbocycles. The van der Waals surface area contributed by atoms with E-state index in [2.05, 4.69) is 5.32 Å². The van der Waals surface area contributed by atoms with E-state index in [-0.39, 0.29) is 12.8 Å². The van der Waals surface area contributed by atoms with Gasteiger partial charge in [0.05, 0.1) is 0 Å². The van der Waals surface area contributed by atoms with Gasteiger partial charge in [-0.05, 0) is 25.9 Å². The SMILES string of the molecule is FC(C1CCNCC1)C(F)(F)F. The fourth-order valence-electron chi connectivity index (χ4n) is 1.40. The molecule has 1 unspecified atom stereocenters. The maximum atomic E-state index is 12.6. The minimum absolute atomic E-state index is 0.278. The van der Waals surface area contributed by atoms with E-state index in [1.165, 1.54) is 0 Å². The summed E-state index contributed by atoms with van der Waals surface area (Å²) in [5, 5.41) is 2.89. The summed E-state index contributed by atoms with van der Waals surface area (Å²) in [4.78, 5) is 0. The molecule has 0 spiro atoms. The van der Waals surface area contributed by atoms with Crippen LogP contribution >= 0.6 is 0 Å². The monoisotopic (exact) mass is 185 g/mol. The van der Waals surface area contributed by atoms with E-state index in [0.29, 0.717) is 13.1 Å². The molecule has 1 atom stereocenters. The summed E-state index contributed by atoms with van der Waals surface area (Å²) in [7, 11) is 0. The third-order valence-corrected chi connectivity index (χ3v) is 2.11. The molecule has 1 rings (SSSR count). The molecule has 1 N–H and O–H groups in total. The van der Waals surface area contributed by atoms with Gasteiger partial charge in [-0.25, -0.2) is 4.39 Å². The lowest BCUT2D eigenvalue weighted by molar-refractivity contribution is -0.196. The minimum atomic E-state index is -4.68. The summed E-state index contributed by atoms with van der Waals surface area (Å²) in [5.74, 6) is -0.841. The Bertz CT molecular complexity index is 139. The number of hydrogen-bond acceptors (Lipinski definition) is 1. The largest absolute Gasteiger partial charge is 0.419 e. The van der Waals surface area contributed by atoms with Crippen molar-refractivity contribution in [3.63, 3.8) is 0 Å². The van der Waals surface area contributed by atoms with Crippen molar-refractivity contribution in [2.45, 2.75) is 25.2 Å². The predicted molar refractivity (Wildman–Crippen MR) is 36.5 cm³/mol. The molecule has 1 nitrogen and oxygen atoms in total. The summed E-state index contributed by atoms with van der Waals surface area (Å²) in [6.07, 6.45) is -6.76. The quantitative estimate of drug-likeness (QED) is 0.615. The molecule has 72 valence electrons. The van der Waals surface area contributed by atoms with E-state index in [9.17, 15) is 17.6 Å². The lowest BCUT2D eigenvalue weighted by Gasteiger charge is -2.26. The van der Waals surface area contributed by atoms with Gasteiger partial charge < -0.3 is 5.32 Å². The van der Waals surface area contributed by atoms with Gasteiger partial charge in [0.2, 0.25) is 0 Å². The Balaban J connectivity index is 2.45. The summed E-state index contributed by atoms with van der Waals surface area (Å²) in [6.45, 7) is 0.975. The lowest BCUT2D eigenvalue weighted by atomic mass is 9.93. The van der Waals surface area contributed by atoms with Crippen molar-refractivity contribution in [3.8, 4) is 0 Å². The second-order valence-corrected chi connectivity index (χ2v) is 3.03. The first-order valence-corrected chi connectivity index (χ1v) is 3.93. The molecule has 1 saturated heterocycles. The maximum absolute atomic E-state index is 12.6. The van der Waals surface area contributed by atoms with Crippen molar-refractivity contribution < 1.29 is 17.6 Å². The minimum Gasteiger partial charge on any atom is -0.317 e. The molecule has 0 aromatic heterocycles. The van der Waals surface area contributed by atoms with Gasteiger partial charge in [-0.15, -0.1) is 0 Å². The average molecular weight is 185 g/mol. The van der Waals surface area contributed by atoms with Gasteiger partial charge in [0.15, 0.2) is 6.17 Å². The second kappa shape index (κ2) is 3.60. The number of piperidine rings is 1. The highest BCUT2D eigenvalue weighted by Crippen LogP contribution is 2.32. The zero-order chi connectivity index (χ0) is 9.19. The molecule has 1 aliphatic rings. The molecule has 1 aliphatic heterocycles. The molecule has 0 amide bonds. The fourth-order valence-corrected chi connectivity index (χ4v) is 1.40. The molecule has 0 aromatic carbocycles. The molecule has 0 aromatic rings. The Hall–Kier alpha value is -0.320. The standard InChI is InChI=1S/C7H11F4N/c8-6(7(9,10)11)5-1-3-12-4-2-5/h5-6,12H,1-4H2. The van der Waals surface area contributed by atoms with Gasteiger partial charge in [-0.1, -0.05) is 0 Å². The van der Waals surface area contributed by atoms with Crippen LogP contribution in [-0.4, -0.2) is 25.4 Å². The Morgan fingerprint density at radius 2 is 1.67 bits per heavy atom. The Labute approximate surface area is 68.1 Å². The molecule has 0 bridgehead atoms. The molecule has 0 radical (unpaired) electrons. The smallest absolute Gasteiger partial charge is 0.317 e. The van der Waals surface area contributed by atoms with Crippen LogP contribution in [0.5, 0.6) is 0 Å². The highest BCUT2D eigenvalue weighted by atomic mass is 19.4. The van der Waals surface area contributed by atoms with Gasteiger partial charge in [-0.3, -0.25) is 0 Å². The third kappa shape index (κ3) is 2.33. The van der Waals surface area contributed by atoms with Gasteiger partial charge >= 0.3 is 6.18 Å². The molecular formula is C7H11F4N. The van der Waals surface area contributed by atoms with E-state index in [4.69, 9.17) is 0 Å². The zero-order valence-electron chi connectivity index (χ0n) is 6.49. The van der Waals surface area contributed by atoms with Gasteiger partial charge in [-0.2, -0.15) is 13.2 Å². The van der Waals surface area contributed by atoms with Crippen LogP contribution in [0.2, 0.25) is 0 Å². The second-order valence-electron chi connectivity index (χ2n) is 3.03. The molecule has 1 heterocycles. The van der Waals surface area contributed by atoms with Crippen molar-refractivity contribution in [2.24, 2.45) is 5.92 Å². The van der Waals surface area contributed by atoms with Crippen LogP contribution in [0.25, 0.3) is 0 Å². The van der Waals surface area contributed by atoms with Crippen LogP contribution in [0.1, 0.15) is 12.8 Å². The molecular weight excluding hydrogens is 174 g/mol. The Morgan fingerprint density at radius 3 is 2.08 bits per heavy atom. The molecule has 0 aliphatic carbocycles. The van der Waals surface area contributed by atoms with Crippen LogP contribution in [0.4, 0.5) is 17.6 Å². The van der Waals surface area contributed by atoms with Crippen molar-refractivity contribution in [1.82, 2.24) is 5.32 Å². The average Bonchev–Trinajstić information content (AvgIpc) is 2.03. The molecule has 5 heteroatoms. The van der Waals surface area contributed by atoms with Crippen LogP contribution in [-0.2, 0) is 0 Å². The highest BCUT2D eigenvalue weighted by molar-refractivity contribution is 4.79. The third-order valence-electron chi connectivity index (χ3n) is 2.11. The Kier molecular flexibility index (Phi) is 2.93. The van der Waals surface area contributed by atoms with E-state index >= 15 is 0 Å². The lowest BCUT2D eigenvalue weighted by Crippen LogP contribution is -2.39. The van der Waals surface area contributed by atoms with Gasteiger partial charge in [0, 0.05) is 5.92 Å². The first-order valence-electron chi connectivity index (χ1n) is 3.93. The maximum Gasteiger partial charge on any atom is 0.419 e. The summed E-state index contributed by atoms with van der Waals surface area (Å²) < 4.78 is 48.2. The first-order chi connectivity index (χ1) is 5.52. The summed E-state index contributed by atoms with van der Waals surface area (Å²) in [5.41, 5.74) is 0. The van der Waals surface area contributed by atoms with Crippen molar-refractivity contribution in [3.05, 3.63) is 0 Å². The topological polar surface area (TPSA) is 12.0 Å². The number of alkyl halides is 4. The van der Waals surface area contributed by atoms with Gasteiger partial charge in [0.25, 0.3) is 0 Å².